The lowest BCUT2D eigenvalue weighted by Gasteiger charge is -2.15. The van der Waals surface area contributed by atoms with Crippen molar-refractivity contribution in [1.29, 1.82) is 0 Å². The molecule has 0 saturated carbocycles. The van der Waals surface area contributed by atoms with Gasteiger partial charge in [-0.05, 0) is 13.3 Å². The summed E-state index contributed by atoms with van der Waals surface area (Å²) in [5.41, 5.74) is 2.61. The van der Waals surface area contributed by atoms with Gasteiger partial charge in [0.15, 0.2) is 0 Å². The van der Waals surface area contributed by atoms with Crippen LogP contribution in [0.25, 0.3) is 0 Å². The Morgan fingerprint density at radius 3 is 1.56 bits per heavy atom. The van der Waals surface area contributed by atoms with Crippen LogP contribution in [0.5, 0.6) is 0 Å². The van der Waals surface area contributed by atoms with Gasteiger partial charge in [-0.25, -0.2) is 0 Å². The minimum atomic E-state index is 0.811. The van der Waals surface area contributed by atoms with E-state index in [1.165, 1.54) is 0 Å². The van der Waals surface area contributed by atoms with E-state index in [1.54, 1.807) is 15.0 Å². The largest absolute Gasteiger partial charge is 0.303 e. The molecule has 0 unspecified atom stereocenters. The number of hydrazone groups is 3. The van der Waals surface area contributed by atoms with Gasteiger partial charge in [0.05, 0.1) is 11.4 Å². The molecule has 0 aliphatic carbocycles. The summed E-state index contributed by atoms with van der Waals surface area (Å²) in [6.07, 6.45) is 0.811. The molecule has 18 heavy (non-hydrogen) atoms. The predicted molar refractivity (Wildman–Crippen MR) is 79.3 cm³/mol. The Labute approximate surface area is 111 Å². The molecule has 0 atom stereocenters. The van der Waals surface area contributed by atoms with Gasteiger partial charge in [-0.3, -0.25) is 0 Å². The van der Waals surface area contributed by atoms with E-state index in [-0.39, 0.29) is 0 Å². The number of nitrogens with zero attached hydrogens (tertiary/aromatic N) is 6. The summed E-state index contributed by atoms with van der Waals surface area (Å²) < 4.78 is 0. The van der Waals surface area contributed by atoms with Crippen molar-refractivity contribution in [2.45, 2.75) is 20.3 Å². The van der Waals surface area contributed by atoms with Crippen LogP contribution >= 0.6 is 0 Å². The second-order valence-corrected chi connectivity index (χ2v) is 4.58. The van der Waals surface area contributed by atoms with Crippen LogP contribution in [0.15, 0.2) is 15.3 Å². The predicted octanol–water partition coefficient (Wildman–Crippen LogP) is 1.17. The molecule has 0 saturated heterocycles. The van der Waals surface area contributed by atoms with Crippen LogP contribution in [-0.4, -0.2) is 74.4 Å². The lowest BCUT2D eigenvalue weighted by Crippen LogP contribution is -2.28. The fourth-order valence-electron chi connectivity index (χ4n) is 1.41. The van der Waals surface area contributed by atoms with Crippen molar-refractivity contribution in [1.82, 2.24) is 15.0 Å². The smallest absolute Gasteiger partial charge is 0.129 e. The first-order valence-corrected chi connectivity index (χ1v) is 6.01. The van der Waals surface area contributed by atoms with E-state index in [0.717, 1.165) is 23.6 Å². The fourth-order valence-corrected chi connectivity index (χ4v) is 1.41. The first-order chi connectivity index (χ1) is 8.27. The van der Waals surface area contributed by atoms with Gasteiger partial charge >= 0.3 is 0 Å². The highest BCUT2D eigenvalue weighted by molar-refractivity contribution is 6.68. The van der Waals surface area contributed by atoms with Crippen molar-refractivity contribution in [3.05, 3.63) is 0 Å². The molecular formula is C12H26N6. The minimum absolute atomic E-state index is 0.811. The molecular weight excluding hydrogens is 228 g/mol. The van der Waals surface area contributed by atoms with E-state index in [0.29, 0.717) is 0 Å². The van der Waals surface area contributed by atoms with Crippen molar-refractivity contribution in [2.75, 3.05) is 42.3 Å². The Bertz CT molecular complexity index is 338. The van der Waals surface area contributed by atoms with Crippen molar-refractivity contribution >= 4 is 17.1 Å². The van der Waals surface area contributed by atoms with Crippen molar-refractivity contribution in [3.63, 3.8) is 0 Å². The Morgan fingerprint density at radius 2 is 1.22 bits per heavy atom. The lowest BCUT2D eigenvalue weighted by molar-refractivity contribution is 0.430. The summed E-state index contributed by atoms with van der Waals surface area (Å²) in [5.74, 6) is 0. The summed E-state index contributed by atoms with van der Waals surface area (Å²) in [6, 6.07) is 0. The number of rotatable bonds is 6. The van der Waals surface area contributed by atoms with Crippen molar-refractivity contribution in [2.24, 2.45) is 15.3 Å². The maximum atomic E-state index is 4.49. The third kappa shape index (κ3) is 6.22. The summed E-state index contributed by atoms with van der Waals surface area (Å²) in [5, 5.41) is 18.7. The first kappa shape index (κ1) is 16.4. The van der Waals surface area contributed by atoms with Gasteiger partial charge in [0, 0.05) is 42.3 Å². The second kappa shape index (κ2) is 7.68. The Hall–Kier alpha value is -1.59. The molecule has 0 spiro atoms. The summed E-state index contributed by atoms with van der Waals surface area (Å²) >= 11 is 0. The zero-order valence-corrected chi connectivity index (χ0v) is 12.9. The van der Waals surface area contributed by atoms with Crippen molar-refractivity contribution in [3.8, 4) is 0 Å². The molecule has 0 heterocycles. The standard InChI is InChI=1S/C12H26N6/c1-9-11(14-17(5)6)12(15-18(7)8)10(2)13-16(3)4/h9H2,1-8H3/b13-10+,14-11+,15-12-. The molecule has 0 aliphatic rings. The van der Waals surface area contributed by atoms with Gasteiger partial charge < -0.3 is 15.0 Å². The Balaban J connectivity index is 5.49. The summed E-state index contributed by atoms with van der Waals surface area (Å²) in [7, 11) is 11.4. The number of hydrogen-bond donors (Lipinski definition) is 0. The molecule has 104 valence electrons. The molecule has 0 aromatic heterocycles. The van der Waals surface area contributed by atoms with Gasteiger partial charge in [-0.15, -0.1) is 0 Å². The summed E-state index contributed by atoms with van der Waals surface area (Å²) in [4.78, 5) is 0. The lowest BCUT2D eigenvalue weighted by atomic mass is 10.1. The van der Waals surface area contributed by atoms with Crippen LogP contribution in [0.2, 0.25) is 0 Å². The molecule has 0 N–H and O–H groups in total. The van der Waals surface area contributed by atoms with E-state index < -0.39 is 0 Å². The van der Waals surface area contributed by atoms with Crippen molar-refractivity contribution < 1.29 is 0 Å². The summed E-state index contributed by atoms with van der Waals surface area (Å²) in [6.45, 7) is 4.01. The third-order valence-corrected chi connectivity index (χ3v) is 1.92. The van der Waals surface area contributed by atoms with E-state index >= 15 is 0 Å². The average molecular weight is 254 g/mol. The quantitative estimate of drug-likeness (QED) is 0.528. The van der Waals surface area contributed by atoms with E-state index in [4.69, 9.17) is 0 Å². The molecule has 0 aromatic rings. The molecule has 6 heteroatoms. The highest BCUT2D eigenvalue weighted by Crippen LogP contribution is 1.99. The van der Waals surface area contributed by atoms with Gasteiger partial charge in [0.2, 0.25) is 0 Å². The van der Waals surface area contributed by atoms with Crippen LogP contribution in [0.1, 0.15) is 20.3 Å². The van der Waals surface area contributed by atoms with Gasteiger partial charge in [-0.2, -0.15) is 15.3 Å². The monoisotopic (exact) mass is 254 g/mol. The van der Waals surface area contributed by atoms with Crippen LogP contribution in [0, 0.1) is 0 Å². The molecule has 0 radical (unpaired) electrons. The molecule has 0 rings (SSSR count). The molecule has 0 amide bonds. The van der Waals surface area contributed by atoms with Gasteiger partial charge in [-0.1, -0.05) is 6.92 Å². The van der Waals surface area contributed by atoms with Crippen LogP contribution < -0.4 is 0 Å². The zero-order valence-electron chi connectivity index (χ0n) is 12.9. The first-order valence-electron chi connectivity index (χ1n) is 6.01. The van der Waals surface area contributed by atoms with E-state index in [1.807, 2.05) is 49.2 Å². The normalized spacial score (nSPS) is 13.7. The minimum Gasteiger partial charge on any atom is -0.303 e. The highest BCUT2D eigenvalue weighted by atomic mass is 15.5. The molecule has 0 aromatic carbocycles. The molecule has 0 fully saturated rings. The Kier molecular flexibility index (Phi) is 7.00. The van der Waals surface area contributed by atoms with Gasteiger partial charge in [0.25, 0.3) is 0 Å². The SMILES string of the molecule is CCC(=N\N(C)C)/C(=N\N(C)C)C(/C)=N/N(C)C. The van der Waals surface area contributed by atoms with Crippen LogP contribution in [0.3, 0.4) is 0 Å². The maximum absolute atomic E-state index is 4.49. The fraction of sp³-hybridized carbons (Fsp3) is 0.750. The Morgan fingerprint density at radius 1 is 0.778 bits per heavy atom. The molecule has 6 nitrogen and oxygen atoms in total. The second-order valence-electron chi connectivity index (χ2n) is 4.58. The third-order valence-electron chi connectivity index (χ3n) is 1.92. The maximum Gasteiger partial charge on any atom is 0.129 e. The van der Waals surface area contributed by atoms with E-state index in [9.17, 15) is 0 Å². The van der Waals surface area contributed by atoms with E-state index in [2.05, 4.69) is 22.2 Å². The van der Waals surface area contributed by atoms with Crippen LogP contribution in [0.4, 0.5) is 0 Å². The van der Waals surface area contributed by atoms with Crippen LogP contribution in [-0.2, 0) is 0 Å². The highest BCUT2D eigenvalue weighted by Gasteiger charge is 2.13. The topological polar surface area (TPSA) is 46.8 Å². The molecule has 0 bridgehead atoms. The zero-order chi connectivity index (χ0) is 14.3. The molecule has 0 aliphatic heterocycles. The number of hydrogen-bond acceptors (Lipinski definition) is 6. The average Bonchev–Trinajstić information content (AvgIpc) is 2.21. The van der Waals surface area contributed by atoms with Gasteiger partial charge in [0.1, 0.15) is 5.71 Å².